The molecule has 1 aliphatic heterocycles. The Hall–Kier alpha value is -3.16. The van der Waals surface area contributed by atoms with Crippen LogP contribution in [0.1, 0.15) is 5.56 Å². The van der Waals surface area contributed by atoms with Crippen molar-refractivity contribution in [2.24, 2.45) is 0 Å². The molecule has 0 atom stereocenters. The third-order valence-electron chi connectivity index (χ3n) is 4.81. The summed E-state index contributed by atoms with van der Waals surface area (Å²) in [7, 11) is 1.63. The summed E-state index contributed by atoms with van der Waals surface area (Å²) in [5.74, 6) is 0.536. The maximum atomic E-state index is 12.3. The fraction of sp³-hybridized carbons (Fsp3) is 0.217. The van der Waals surface area contributed by atoms with Crippen LogP contribution in [0.4, 0.5) is 10.8 Å². The second kappa shape index (κ2) is 9.56. The minimum atomic E-state index is -0.215. The lowest BCUT2D eigenvalue weighted by Crippen LogP contribution is -2.36. The van der Waals surface area contributed by atoms with Crippen molar-refractivity contribution in [1.29, 1.82) is 0 Å². The lowest BCUT2D eigenvalue weighted by Gasteiger charge is -2.28. The summed E-state index contributed by atoms with van der Waals surface area (Å²) in [4.78, 5) is 19.1. The first kappa shape index (κ1) is 20.1. The third kappa shape index (κ3) is 4.87. The van der Waals surface area contributed by atoms with Crippen LogP contribution in [0.2, 0.25) is 0 Å². The average molecular weight is 422 g/mol. The van der Waals surface area contributed by atoms with E-state index in [4.69, 9.17) is 9.47 Å². The zero-order valence-electron chi connectivity index (χ0n) is 16.7. The lowest BCUT2D eigenvalue weighted by atomic mass is 10.1. The van der Waals surface area contributed by atoms with Gasteiger partial charge in [-0.05, 0) is 35.9 Å². The fourth-order valence-corrected chi connectivity index (χ4v) is 3.96. The van der Waals surface area contributed by atoms with Gasteiger partial charge in [0.05, 0.1) is 26.0 Å². The average Bonchev–Trinajstić information content (AvgIpc) is 3.27. The van der Waals surface area contributed by atoms with Crippen LogP contribution in [0.5, 0.6) is 5.75 Å². The molecule has 0 saturated carbocycles. The molecule has 0 bridgehead atoms. The number of anilines is 2. The Morgan fingerprint density at radius 2 is 1.93 bits per heavy atom. The van der Waals surface area contributed by atoms with Crippen molar-refractivity contribution in [2.45, 2.75) is 0 Å². The summed E-state index contributed by atoms with van der Waals surface area (Å²) in [6, 6.07) is 15.8. The van der Waals surface area contributed by atoms with Gasteiger partial charge in [0.25, 0.3) is 0 Å². The number of ether oxygens (including phenoxy) is 2. The summed E-state index contributed by atoms with van der Waals surface area (Å²) in [6.07, 6.45) is 3.32. The van der Waals surface area contributed by atoms with E-state index in [9.17, 15) is 4.79 Å². The van der Waals surface area contributed by atoms with Gasteiger partial charge < -0.3 is 14.4 Å². The minimum absolute atomic E-state index is 0.215. The highest BCUT2D eigenvalue weighted by molar-refractivity contribution is 7.14. The van der Waals surface area contributed by atoms with E-state index < -0.39 is 0 Å². The van der Waals surface area contributed by atoms with E-state index in [0.29, 0.717) is 5.13 Å². The Bertz CT molecular complexity index is 1020. The molecule has 6 nitrogen and oxygen atoms in total. The molecule has 2 aromatic carbocycles. The highest BCUT2D eigenvalue weighted by atomic mass is 32.1. The Morgan fingerprint density at radius 3 is 2.70 bits per heavy atom. The van der Waals surface area contributed by atoms with Gasteiger partial charge >= 0.3 is 0 Å². The maximum absolute atomic E-state index is 12.3. The zero-order chi connectivity index (χ0) is 20.8. The van der Waals surface area contributed by atoms with Gasteiger partial charge in [0.2, 0.25) is 5.91 Å². The standard InChI is InChI=1S/C23H23N3O3S/c1-28-21-5-3-2-4-19(21)20-16-30-23(24-20)25-22(27)11-8-17-6-9-18(10-7-17)26-12-14-29-15-13-26/h2-11,16H,12-15H2,1H3,(H,24,25,27)/b11-8+. The van der Waals surface area contributed by atoms with E-state index in [0.717, 1.165) is 48.9 Å². The quantitative estimate of drug-likeness (QED) is 0.601. The van der Waals surface area contributed by atoms with Crippen LogP contribution >= 0.6 is 11.3 Å². The Morgan fingerprint density at radius 1 is 1.17 bits per heavy atom. The van der Waals surface area contributed by atoms with E-state index in [-0.39, 0.29) is 5.91 Å². The number of rotatable bonds is 6. The van der Waals surface area contributed by atoms with E-state index in [2.05, 4.69) is 27.3 Å². The van der Waals surface area contributed by atoms with Crippen molar-refractivity contribution in [2.75, 3.05) is 43.6 Å². The molecule has 0 spiro atoms. The van der Waals surface area contributed by atoms with Gasteiger partial charge in [-0.15, -0.1) is 11.3 Å². The molecule has 0 radical (unpaired) electrons. The molecule has 2 heterocycles. The minimum Gasteiger partial charge on any atom is -0.496 e. The number of nitrogens with one attached hydrogen (secondary N) is 1. The highest BCUT2D eigenvalue weighted by Gasteiger charge is 2.11. The molecule has 1 saturated heterocycles. The van der Waals surface area contributed by atoms with E-state index >= 15 is 0 Å². The van der Waals surface area contributed by atoms with Crippen LogP contribution in [-0.2, 0) is 9.53 Å². The number of carbonyl (C=O) groups excluding carboxylic acids is 1. The molecular formula is C23H23N3O3S. The second-order valence-electron chi connectivity index (χ2n) is 6.75. The van der Waals surface area contributed by atoms with Gasteiger partial charge in [0.15, 0.2) is 5.13 Å². The monoisotopic (exact) mass is 421 g/mol. The SMILES string of the molecule is COc1ccccc1-c1csc(NC(=O)/C=C/c2ccc(N3CCOCC3)cc2)n1. The number of hydrogen-bond acceptors (Lipinski definition) is 6. The second-order valence-corrected chi connectivity index (χ2v) is 7.61. The molecule has 1 aliphatic rings. The van der Waals surface area contributed by atoms with Gasteiger partial charge in [-0.2, -0.15) is 0 Å². The number of benzene rings is 2. The van der Waals surface area contributed by atoms with Crippen molar-refractivity contribution in [3.05, 3.63) is 65.6 Å². The maximum Gasteiger partial charge on any atom is 0.250 e. The first-order chi connectivity index (χ1) is 14.7. The molecule has 1 fully saturated rings. The van der Waals surface area contributed by atoms with Gasteiger partial charge in [0.1, 0.15) is 5.75 Å². The lowest BCUT2D eigenvalue weighted by molar-refractivity contribution is -0.111. The molecule has 4 rings (SSSR count). The summed E-state index contributed by atoms with van der Waals surface area (Å²) in [6.45, 7) is 3.33. The van der Waals surface area contributed by atoms with Crippen LogP contribution in [-0.4, -0.2) is 44.3 Å². The van der Waals surface area contributed by atoms with Crippen molar-refractivity contribution in [3.8, 4) is 17.0 Å². The van der Waals surface area contributed by atoms with Crippen LogP contribution < -0.4 is 15.0 Å². The number of aromatic nitrogens is 1. The van der Waals surface area contributed by atoms with Gasteiger partial charge in [-0.3, -0.25) is 10.1 Å². The van der Waals surface area contributed by atoms with Crippen LogP contribution in [0.15, 0.2) is 60.0 Å². The number of amides is 1. The third-order valence-corrected chi connectivity index (χ3v) is 5.57. The zero-order valence-corrected chi connectivity index (χ0v) is 17.5. The summed E-state index contributed by atoms with van der Waals surface area (Å²) < 4.78 is 10.8. The van der Waals surface area contributed by atoms with Crippen LogP contribution in [0.25, 0.3) is 17.3 Å². The summed E-state index contributed by atoms with van der Waals surface area (Å²) in [5.41, 5.74) is 3.81. The van der Waals surface area contributed by atoms with E-state index in [1.54, 1.807) is 13.2 Å². The summed E-state index contributed by atoms with van der Waals surface area (Å²) in [5, 5.41) is 5.28. The smallest absolute Gasteiger partial charge is 0.250 e. The molecule has 0 unspecified atom stereocenters. The van der Waals surface area contributed by atoms with Crippen molar-refractivity contribution in [3.63, 3.8) is 0 Å². The molecule has 154 valence electrons. The van der Waals surface area contributed by atoms with Gasteiger partial charge in [0, 0.05) is 35.8 Å². The normalized spacial score (nSPS) is 14.1. The largest absolute Gasteiger partial charge is 0.496 e. The molecule has 1 aromatic heterocycles. The predicted molar refractivity (Wildman–Crippen MR) is 121 cm³/mol. The Balaban J connectivity index is 1.36. The molecular weight excluding hydrogens is 398 g/mol. The number of carbonyl (C=O) groups is 1. The molecule has 3 aromatic rings. The number of nitrogens with zero attached hydrogens (tertiary/aromatic N) is 2. The highest BCUT2D eigenvalue weighted by Crippen LogP contribution is 2.31. The predicted octanol–water partition coefficient (Wildman–Crippen LogP) is 4.31. The molecule has 7 heteroatoms. The van der Waals surface area contributed by atoms with Gasteiger partial charge in [-0.1, -0.05) is 24.3 Å². The Kier molecular flexibility index (Phi) is 6.41. The molecule has 1 N–H and O–H groups in total. The fourth-order valence-electron chi connectivity index (χ4n) is 3.25. The number of para-hydroxylation sites is 1. The van der Waals surface area contributed by atoms with Crippen molar-refractivity contribution >= 4 is 34.1 Å². The number of hydrogen-bond donors (Lipinski definition) is 1. The molecule has 1 amide bonds. The number of morpholine rings is 1. The first-order valence-corrected chi connectivity index (χ1v) is 10.6. The summed E-state index contributed by atoms with van der Waals surface area (Å²) >= 11 is 1.38. The van der Waals surface area contributed by atoms with Crippen LogP contribution in [0.3, 0.4) is 0 Å². The molecule has 0 aliphatic carbocycles. The topological polar surface area (TPSA) is 63.7 Å². The molecule has 30 heavy (non-hydrogen) atoms. The van der Waals surface area contributed by atoms with Gasteiger partial charge in [-0.25, -0.2) is 4.98 Å². The van der Waals surface area contributed by atoms with Crippen molar-refractivity contribution < 1.29 is 14.3 Å². The van der Waals surface area contributed by atoms with E-state index in [1.165, 1.54) is 23.1 Å². The first-order valence-electron chi connectivity index (χ1n) is 9.74. The van der Waals surface area contributed by atoms with Crippen LogP contribution in [0, 0.1) is 0 Å². The number of methoxy groups -OCH3 is 1. The van der Waals surface area contributed by atoms with Crippen molar-refractivity contribution in [1.82, 2.24) is 4.98 Å². The Labute approximate surface area is 179 Å². The van der Waals surface area contributed by atoms with E-state index in [1.807, 2.05) is 41.8 Å². The number of thiazole rings is 1.